The van der Waals surface area contributed by atoms with Crippen LogP contribution in [0.25, 0.3) is 16.1 Å². The minimum absolute atomic E-state index is 0.00177. The number of carbonyl (C=O) groups excluding carboxylic acids is 1. The maximum atomic E-state index is 12.9. The molecule has 1 unspecified atom stereocenters. The van der Waals surface area contributed by atoms with Crippen LogP contribution in [0.4, 0.5) is 4.79 Å². The summed E-state index contributed by atoms with van der Waals surface area (Å²) in [5.74, 6) is 0.589. The second kappa shape index (κ2) is 11.8. The van der Waals surface area contributed by atoms with Gasteiger partial charge in [-0.1, -0.05) is 18.7 Å². The maximum Gasteiger partial charge on any atom is 0.317 e. The van der Waals surface area contributed by atoms with Crippen molar-refractivity contribution < 1.29 is 9.53 Å². The first-order valence-electron chi connectivity index (χ1n) is 12.7. The third-order valence-corrected chi connectivity index (χ3v) is 8.00. The molecule has 1 aromatic heterocycles. The summed E-state index contributed by atoms with van der Waals surface area (Å²) < 4.78 is 5.76. The van der Waals surface area contributed by atoms with Gasteiger partial charge in [0.2, 0.25) is 0 Å². The van der Waals surface area contributed by atoms with Crippen LogP contribution in [0.1, 0.15) is 44.1 Å². The van der Waals surface area contributed by atoms with Crippen LogP contribution in [0, 0.1) is 11.3 Å². The number of nitriles is 1. The first-order valence-corrected chi connectivity index (χ1v) is 13.6. The summed E-state index contributed by atoms with van der Waals surface area (Å²) in [6, 6.07) is 7.84. The monoisotopic (exact) mass is 517 g/mol. The molecule has 194 valence electrons. The lowest BCUT2D eigenvalue weighted by Crippen LogP contribution is -2.52. The van der Waals surface area contributed by atoms with Crippen molar-refractivity contribution in [1.82, 2.24) is 20.1 Å². The molecule has 1 aliphatic carbocycles. The fraction of sp³-hybridized carbons (Fsp3) is 0.414. The highest BCUT2D eigenvalue weighted by atomic mass is 32.1. The summed E-state index contributed by atoms with van der Waals surface area (Å²) in [5, 5.41) is 13.7. The van der Waals surface area contributed by atoms with Crippen LogP contribution < -0.4 is 10.1 Å². The fourth-order valence-corrected chi connectivity index (χ4v) is 5.72. The minimum Gasteiger partial charge on any atom is -0.490 e. The topological polar surface area (TPSA) is 81.5 Å². The molecule has 1 aliphatic heterocycles. The number of hydrogen-bond donors (Lipinski definition) is 1. The van der Waals surface area contributed by atoms with Crippen molar-refractivity contribution in [1.29, 1.82) is 5.26 Å². The van der Waals surface area contributed by atoms with Gasteiger partial charge in [-0.3, -0.25) is 0 Å². The lowest BCUT2D eigenvalue weighted by atomic mass is 10.0. The highest BCUT2D eigenvalue weighted by Gasteiger charge is 2.30. The summed E-state index contributed by atoms with van der Waals surface area (Å²) in [7, 11) is 2.08. The Hall–Kier alpha value is -3.41. The first kappa shape index (κ1) is 26.6. The minimum atomic E-state index is -0.0332. The number of ether oxygens (including phenoxy) is 1. The highest BCUT2D eigenvalue weighted by Crippen LogP contribution is 2.39. The summed E-state index contributed by atoms with van der Waals surface area (Å²) >= 11 is 1.61. The predicted octanol–water partition coefficient (Wildman–Crippen LogP) is 5.47. The van der Waals surface area contributed by atoms with E-state index in [0.717, 1.165) is 65.6 Å². The van der Waals surface area contributed by atoms with Gasteiger partial charge < -0.3 is 19.9 Å². The molecule has 0 spiro atoms. The van der Waals surface area contributed by atoms with E-state index < -0.39 is 0 Å². The summed E-state index contributed by atoms with van der Waals surface area (Å²) in [5.41, 5.74) is 4.91. The Balaban J connectivity index is 1.54. The second-order valence-corrected chi connectivity index (χ2v) is 10.8. The molecule has 2 aromatic rings. The molecule has 0 bridgehead atoms. The fourth-order valence-electron chi connectivity index (χ4n) is 4.78. The second-order valence-electron chi connectivity index (χ2n) is 9.81. The number of thiazole rings is 1. The maximum absolute atomic E-state index is 12.9. The number of allylic oxidation sites excluding steroid dienone is 3. The Bertz CT molecular complexity index is 1260. The SMILES string of the molecule is C=C/C=C1\C(=C(/C)c2cnc(-c3ccc(OC(C)C)c(C#N)c3)s2)CCC1NC(=O)N1CCN(C)CC1. The zero-order valence-corrected chi connectivity index (χ0v) is 22.9. The van der Waals surface area contributed by atoms with Crippen molar-refractivity contribution in [2.24, 2.45) is 0 Å². The van der Waals surface area contributed by atoms with E-state index in [1.54, 1.807) is 17.4 Å². The Kier molecular flexibility index (Phi) is 8.47. The molecule has 1 saturated carbocycles. The van der Waals surface area contributed by atoms with E-state index in [1.807, 2.05) is 49.2 Å². The van der Waals surface area contributed by atoms with E-state index in [2.05, 4.69) is 41.8 Å². The summed E-state index contributed by atoms with van der Waals surface area (Å²) in [6.07, 6.45) is 7.46. The van der Waals surface area contributed by atoms with Gasteiger partial charge >= 0.3 is 6.03 Å². The molecule has 1 saturated heterocycles. The van der Waals surface area contributed by atoms with Gasteiger partial charge in [-0.2, -0.15) is 5.26 Å². The molecule has 1 N–H and O–H groups in total. The lowest BCUT2D eigenvalue weighted by molar-refractivity contribution is 0.153. The molecule has 2 fully saturated rings. The van der Waals surface area contributed by atoms with Crippen molar-refractivity contribution >= 4 is 22.9 Å². The van der Waals surface area contributed by atoms with Crippen molar-refractivity contribution in [3.05, 3.63) is 64.7 Å². The van der Waals surface area contributed by atoms with Gasteiger partial charge in [0.1, 0.15) is 16.8 Å². The number of carbonyl (C=O) groups is 1. The standard InChI is InChI=1S/C29H35N5O2S/c1-6-7-24-23(9-10-25(24)32-29(35)34-14-12-33(5)13-15-34)20(4)27-18-31-28(37-27)21-8-11-26(36-19(2)3)22(16-21)17-30/h6-8,11,16,18-19,25H,1,9-10,12-15H2,2-5H3,(H,32,35)/b23-20+,24-7+. The van der Waals surface area contributed by atoms with Gasteiger partial charge in [-0.25, -0.2) is 9.78 Å². The molecule has 1 atom stereocenters. The summed E-state index contributed by atoms with van der Waals surface area (Å²) in [4.78, 5) is 22.8. The van der Waals surface area contributed by atoms with Crippen LogP contribution in [0.3, 0.4) is 0 Å². The number of likely N-dealkylation sites (N-methyl/N-ethyl adjacent to an activating group) is 1. The molecule has 2 aliphatic rings. The van der Waals surface area contributed by atoms with E-state index in [4.69, 9.17) is 4.74 Å². The van der Waals surface area contributed by atoms with Crippen LogP contribution in [0.2, 0.25) is 0 Å². The van der Waals surface area contributed by atoms with Gasteiger partial charge in [0.25, 0.3) is 0 Å². The Labute approximate surface area is 223 Å². The largest absolute Gasteiger partial charge is 0.490 e. The number of hydrogen-bond acceptors (Lipinski definition) is 6. The third kappa shape index (κ3) is 6.12. The number of piperazine rings is 1. The van der Waals surface area contributed by atoms with Gasteiger partial charge in [0.05, 0.1) is 22.6 Å². The predicted molar refractivity (Wildman–Crippen MR) is 150 cm³/mol. The van der Waals surface area contributed by atoms with E-state index in [-0.39, 0.29) is 18.2 Å². The number of nitrogens with zero attached hydrogens (tertiary/aromatic N) is 4. The number of aromatic nitrogens is 1. The Morgan fingerprint density at radius 3 is 2.76 bits per heavy atom. The molecular weight excluding hydrogens is 482 g/mol. The van der Waals surface area contributed by atoms with E-state index >= 15 is 0 Å². The summed E-state index contributed by atoms with van der Waals surface area (Å²) in [6.45, 7) is 13.2. The first-order chi connectivity index (χ1) is 17.8. The van der Waals surface area contributed by atoms with Gasteiger partial charge in [-0.05, 0) is 75.6 Å². The quantitative estimate of drug-likeness (QED) is 0.549. The number of benzene rings is 1. The van der Waals surface area contributed by atoms with Crippen molar-refractivity contribution in [2.75, 3.05) is 33.2 Å². The highest BCUT2D eigenvalue weighted by molar-refractivity contribution is 7.16. The van der Waals surface area contributed by atoms with E-state index in [0.29, 0.717) is 11.3 Å². The normalized spacial score (nSPS) is 20.7. The number of amides is 2. The van der Waals surface area contributed by atoms with Gasteiger partial charge in [0, 0.05) is 37.9 Å². The van der Waals surface area contributed by atoms with Crippen molar-refractivity contribution in [3.63, 3.8) is 0 Å². The average Bonchev–Trinajstić information content (AvgIpc) is 3.52. The smallest absolute Gasteiger partial charge is 0.317 e. The molecule has 4 rings (SSSR count). The Morgan fingerprint density at radius 2 is 2.08 bits per heavy atom. The third-order valence-electron chi connectivity index (χ3n) is 6.83. The molecular formula is C29H35N5O2S. The molecule has 1 aromatic carbocycles. The lowest BCUT2D eigenvalue weighted by Gasteiger charge is -2.33. The molecule has 8 heteroatoms. The number of nitrogens with one attached hydrogen (secondary N) is 1. The van der Waals surface area contributed by atoms with Gasteiger partial charge in [-0.15, -0.1) is 11.3 Å². The van der Waals surface area contributed by atoms with Crippen molar-refractivity contribution in [3.8, 4) is 22.4 Å². The molecule has 7 nitrogen and oxygen atoms in total. The number of urea groups is 1. The molecule has 0 radical (unpaired) electrons. The van der Waals surface area contributed by atoms with Crippen LogP contribution in [-0.4, -0.2) is 66.2 Å². The number of rotatable bonds is 6. The molecule has 37 heavy (non-hydrogen) atoms. The Morgan fingerprint density at radius 1 is 1.32 bits per heavy atom. The van der Waals surface area contributed by atoms with Gasteiger partial charge in [0.15, 0.2) is 0 Å². The zero-order chi connectivity index (χ0) is 26.5. The average molecular weight is 518 g/mol. The molecule has 2 heterocycles. The van der Waals surface area contributed by atoms with E-state index in [9.17, 15) is 10.1 Å². The van der Waals surface area contributed by atoms with Crippen molar-refractivity contribution in [2.45, 2.75) is 45.8 Å². The van der Waals surface area contributed by atoms with Crippen LogP contribution >= 0.6 is 11.3 Å². The zero-order valence-electron chi connectivity index (χ0n) is 22.1. The van der Waals surface area contributed by atoms with Crippen LogP contribution in [0.15, 0.2) is 54.3 Å². The molecule has 2 amide bonds. The van der Waals surface area contributed by atoms with Crippen LogP contribution in [0.5, 0.6) is 5.75 Å². The van der Waals surface area contributed by atoms with E-state index in [1.165, 1.54) is 5.57 Å². The van der Waals surface area contributed by atoms with Crippen LogP contribution in [-0.2, 0) is 0 Å².